The van der Waals surface area contributed by atoms with E-state index < -0.39 is 0 Å². The molecule has 0 atom stereocenters. The molecule has 0 amide bonds. The molecule has 0 saturated carbocycles. The lowest BCUT2D eigenvalue weighted by molar-refractivity contribution is 0.187. The lowest BCUT2D eigenvalue weighted by Gasteiger charge is -2.05. The number of nitrogens with zero attached hydrogens (tertiary/aromatic N) is 3. The fourth-order valence-corrected chi connectivity index (χ4v) is 1.76. The van der Waals surface area contributed by atoms with E-state index in [1.165, 1.54) is 0 Å². The number of ether oxygens (including phenoxy) is 1. The summed E-state index contributed by atoms with van der Waals surface area (Å²) in [7, 11) is 1.67. The zero-order valence-electron chi connectivity index (χ0n) is 9.18. The second-order valence-corrected chi connectivity index (χ2v) is 3.50. The fraction of sp³-hybridized carbons (Fsp3) is 0.333. The molecule has 82 valence electrons. The first kappa shape index (κ1) is 10.7. The standard InChI is InChI=1S/C12H13N3O/c1-16-9-8-15-11-5-3-2-4-10(11)14-12(15)6-7-13/h2-5H,6,8-9H2,1H3. The van der Waals surface area contributed by atoms with Gasteiger partial charge in [-0.25, -0.2) is 4.98 Å². The van der Waals surface area contributed by atoms with Gasteiger partial charge in [-0.3, -0.25) is 0 Å². The van der Waals surface area contributed by atoms with Gasteiger partial charge < -0.3 is 9.30 Å². The third kappa shape index (κ3) is 1.90. The first-order valence-electron chi connectivity index (χ1n) is 5.17. The van der Waals surface area contributed by atoms with Crippen molar-refractivity contribution in [1.29, 1.82) is 5.26 Å². The number of aromatic nitrogens is 2. The van der Waals surface area contributed by atoms with Gasteiger partial charge in [0.25, 0.3) is 0 Å². The molecule has 0 radical (unpaired) electrons. The Labute approximate surface area is 94.1 Å². The number of para-hydroxylation sites is 2. The van der Waals surface area contributed by atoms with Crippen LogP contribution in [0.2, 0.25) is 0 Å². The van der Waals surface area contributed by atoms with Crippen molar-refractivity contribution >= 4 is 11.0 Å². The topological polar surface area (TPSA) is 50.8 Å². The highest BCUT2D eigenvalue weighted by atomic mass is 16.5. The van der Waals surface area contributed by atoms with E-state index in [9.17, 15) is 0 Å². The fourth-order valence-electron chi connectivity index (χ4n) is 1.76. The maximum atomic E-state index is 8.76. The van der Waals surface area contributed by atoms with Crippen LogP contribution in [-0.2, 0) is 17.7 Å². The van der Waals surface area contributed by atoms with Crippen LogP contribution in [0.5, 0.6) is 0 Å². The van der Waals surface area contributed by atoms with Crippen molar-refractivity contribution in [1.82, 2.24) is 9.55 Å². The predicted molar refractivity (Wildman–Crippen MR) is 60.9 cm³/mol. The van der Waals surface area contributed by atoms with Crippen LogP contribution in [-0.4, -0.2) is 23.3 Å². The summed E-state index contributed by atoms with van der Waals surface area (Å²) in [6, 6.07) is 10.0. The van der Waals surface area contributed by atoms with Crippen LogP contribution in [0.25, 0.3) is 11.0 Å². The monoisotopic (exact) mass is 215 g/mol. The molecule has 0 saturated heterocycles. The van der Waals surface area contributed by atoms with Gasteiger partial charge in [0.05, 0.1) is 30.1 Å². The van der Waals surface area contributed by atoms with Crippen LogP contribution in [0.4, 0.5) is 0 Å². The lowest BCUT2D eigenvalue weighted by atomic mass is 10.3. The Balaban J connectivity index is 2.47. The molecular weight excluding hydrogens is 202 g/mol. The van der Waals surface area contributed by atoms with Crippen molar-refractivity contribution in [3.05, 3.63) is 30.1 Å². The molecule has 0 fully saturated rings. The number of benzene rings is 1. The van der Waals surface area contributed by atoms with E-state index in [-0.39, 0.29) is 0 Å². The third-order valence-corrected chi connectivity index (χ3v) is 2.49. The van der Waals surface area contributed by atoms with Crippen LogP contribution >= 0.6 is 0 Å². The number of imidazole rings is 1. The van der Waals surface area contributed by atoms with Crippen LogP contribution < -0.4 is 0 Å². The molecule has 16 heavy (non-hydrogen) atoms. The van der Waals surface area contributed by atoms with E-state index in [0.717, 1.165) is 23.4 Å². The van der Waals surface area contributed by atoms with Crippen LogP contribution in [0, 0.1) is 11.3 Å². The molecule has 0 spiro atoms. The lowest BCUT2D eigenvalue weighted by Crippen LogP contribution is -2.07. The molecule has 0 aliphatic carbocycles. The molecule has 0 bridgehead atoms. The van der Waals surface area contributed by atoms with Crippen molar-refractivity contribution in [2.45, 2.75) is 13.0 Å². The Kier molecular flexibility index (Phi) is 3.18. The van der Waals surface area contributed by atoms with Gasteiger partial charge in [-0.15, -0.1) is 0 Å². The summed E-state index contributed by atoms with van der Waals surface area (Å²) in [5.41, 5.74) is 1.99. The number of nitriles is 1. The van der Waals surface area contributed by atoms with Crippen LogP contribution in [0.15, 0.2) is 24.3 Å². The molecule has 1 aromatic carbocycles. The zero-order chi connectivity index (χ0) is 11.4. The molecule has 0 aliphatic rings. The van der Waals surface area contributed by atoms with Gasteiger partial charge in [0.15, 0.2) is 0 Å². The highest BCUT2D eigenvalue weighted by Gasteiger charge is 2.08. The highest BCUT2D eigenvalue weighted by Crippen LogP contribution is 2.16. The van der Waals surface area contributed by atoms with E-state index in [1.807, 2.05) is 28.8 Å². The summed E-state index contributed by atoms with van der Waals surface area (Å²) in [6.45, 7) is 1.35. The maximum absolute atomic E-state index is 8.76. The molecular formula is C12H13N3O. The number of fused-ring (bicyclic) bond motifs is 1. The average Bonchev–Trinajstić information content (AvgIpc) is 2.65. The minimum absolute atomic E-state index is 0.332. The molecule has 4 heteroatoms. The summed E-state index contributed by atoms with van der Waals surface area (Å²) in [5.74, 6) is 0.806. The Bertz CT molecular complexity index is 525. The minimum Gasteiger partial charge on any atom is -0.383 e. The van der Waals surface area contributed by atoms with E-state index in [4.69, 9.17) is 10.00 Å². The SMILES string of the molecule is COCCn1c(CC#N)nc2ccccc21. The predicted octanol–water partition coefficient (Wildman–Crippen LogP) is 1.75. The smallest absolute Gasteiger partial charge is 0.124 e. The number of rotatable bonds is 4. The molecule has 4 nitrogen and oxygen atoms in total. The Morgan fingerprint density at radius 1 is 1.44 bits per heavy atom. The van der Waals surface area contributed by atoms with E-state index in [1.54, 1.807) is 7.11 Å². The van der Waals surface area contributed by atoms with Gasteiger partial charge in [-0.2, -0.15) is 5.26 Å². The van der Waals surface area contributed by atoms with Crippen molar-refractivity contribution < 1.29 is 4.74 Å². The summed E-state index contributed by atoms with van der Waals surface area (Å²) in [5, 5.41) is 8.76. The van der Waals surface area contributed by atoms with E-state index >= 15 is 0 Å². The first-order chi connectivity index (χ1) is 7.86. The molecule has 1 aromatic heterocycles. The minimum atomic E-state index is 0.332. The molecule has 2 aromatic rings. The van der Waals surface area contributed by atoms with Crippen molar-refractivity contribution in [3.63, 3.8) is 0 Å². The van der Waals surface area contributed by atoms with E-state index in [0.29, 0.717) is 13.0 Å². The molecule has 0 aliphatic heterocycles. The van der Waals surface area contributed by atoms with Gasteiger partial charge >= 0.3 is 0 Å². The second-order valence-electron chi connectivity index (χ2n) is 3.50. The van der Waals surface area contributed by atoms with Gasteiger partial charge in [-0.05, 0) is 12.1 Å². The van der Waals surface area contributed by atoms with Crippen LogP contribution in [0.1, 0.15) is 5.82 Å². The largest absolute Gasteiger partial charge is 0.383 e. The van der Waals surface area contributed by atoms with Crippen molar-refractivity contribution in [2.24, 2.45) is 0 Å². The highest BCUT2D eigenvalue weighted by molar-refractivity contribution is 5.75. The average molecular weight is 215 g/mol. The summed E-state index contributed by atoms with van der Waals surface area (Å²) in [4.78, 5) is 4.44. The number of methoxy groups -OCH3 is 1. The first-order valence-corrected chi connectivity index (χ1v) is 5.17. The Hall–Kier alpha value is -1.86. The van der Waals surface area contributed by atoms with Gasteiger partial charge in [0.2, 0.25) is 0 Å². The number of hydrogen-bond acceptors (Lipinski definition) is 3. The molecule has 0 N–H and O–H groups in total. The van der Waals surface area contributed by atoms with E-state index in [2.05, 4.69) is 11.1 Å². The van der Waals surface area contributed by atoms with Gasteiger partial charge in [0, 0.05) is 13.7 Å². The summed E-state index contributed by atoms with van der Waals surface area (Å²) >= 11 is 0. The van der Waals surface area contributed by atoms with Gasteiger partial charge in [0.1, 0.15) is 5.82 Å². The molecule has 1 heterocycles. The quantitative estimate of drug-likeness (QED) is 0.780. The molecule has 2 rings (SSSR count). The normalized spacial score (nSPS) is 10.5. The molecule has 0 unspecified atom stereocenters. The summed E-state index contributed by atoms with van der Waals surface area (Å²) in [6.07, 6.45) is 0.332. The number of hydrogen-bond donors (Lipinski definition) is 0. The summed E-state index contributed by atoms with van der Waals surface area (Å²) < 4.78 is 7.11. The second kappa shape index (κ2) is 4.77. The maximum Gasteiger partial charge on any atom is 0.124 e. The van der Waals surface area contributed by atoms with Gasteiger partial charge in [-0.1, -0.05) is 12.1 Å². The zero-order valence-corrected chi connectivity index (χ0v) is 9.18. The van der Waals surface area contributed by atoms with Crippen molar-refractivity contribution in [3.8, 4) is 6.07 Å². The van der Waals surface area contributed by atoms with Crippen molar-refractivity contribution in [2.75, 3.05) is 13.7 Å². The van der Waals surface area contributed by atoms with Crippen LogP contribution in [0.3, 0.4) is 0 Å². The Morgan fingerprint density at radius 3 is 3.00 bits per heavy atom. The Morgan fingerprint density at radius 2 is 2.25 bits per heavy atom. The third-order valence-electron chi connectivity index (χ3n) is 2.49.